The Morgan fingerprint density at radius 1 is 1.00 bits per heavy atom. The van der Waals surface area contributed by atoms with Crippen molar-refractivity contribution in [1.82, 2.24) is 0 Å². The minimum absolute atomic E-state index is 0.237. The summed E-state index contributed by atoms with van der Waals surface area (Å²) in [4.78, 5) is 24.6. The predicted octanol–water partition coefficient (Wildman–Crippen LogP) is 4.15. The lowest BCUT2D eigenvalue weighted by Crippen LogP contribution is -2.23. The molecule has 0 aromatic heterocycles. The van der Waals surface area contributed by atoms with Crippen molar-refractivity contribution >= 4 is 17.8 Å². The van der Waals surface area contributed by atoms with Crippen molar-refractivity contribution in [3.63, 3.8) is 0 Å². The molecule has 0 aliphatic heterocycles. The number of Topliss-reactive ketones (excluding diaryl/α,β-unsaturated/α-hetero) is 1. The highest BCUT2D eigenvalue weighted by Gasteiger charge is 2.19. The summed E-state index contributed by atoms with van der Waals surface area (Å²) < 4.78 is 15.8. The highest BCUT2D eigenvalue weighted by molar-refractivity contribution is 6.01. The van der Waals surface area contributed by atoms with E-state index in [9.17, 15) is 9.59 Å². The van der Waals surface area contributed by atoms with Crippen molar-refractivity contribution in [2.45, 2.75) is 26.9 Å². The van der Waals surface area contributed by atoms with Gasteiger partial charge in [-0.25, -0.2) is 4.79 Å². The number of para-hydroxylation sites is 1. The quantitative estimate of drug-likeness (QED) is 0.417. The van der Waals surface area contributed by atoms with Crippen LogP contribution in [0.25, 0.3) is 6.08 Å². The van der Waals surface area contributed by atoms with E-state index in [-0.39, 0.29) is 5.78 Å². The second kappa shape index (κ2) is 9.03. The largest absolute Gasteiger partial charge is 0.493 e. The molecule has 0 aliphatic rings. The molecule has 0 amide bonds. The topological polar surface area (TPSA) is 61.8 Å². The van der Waals surface area contributed by atoms with Gasteiger partial charge in [-0.1, -0.05) is 24.3 Å². The number of hydrogen-bond donors (Lipinski definition) is 0. The first-order chi connectivity index (χ1) is 12.9. The molecule has 0 aliphatic carbocycles. The Morgan fingerprint density at radius 3 is 2.37 bits per heavy atom. The van der Waals surface area contributed by atoms with Crippen LogP contribution in [-0.4, -0.2) is 32.1 Å². The summed E-state index contributed by atoms with van der Waals surface area (Å²) in [5.74, 6) is 0.234. The fourth-order valence-electron chi connectivity index (χ4n) is 2.60. The maximum atomic E-state index is 12.5. The number of benzene rings is 2. The van der Waals surface area contributed by atoms with Crippen molar-refractivity contribution in [2.75, 3.05) is 14.2 Å². The molecule has 0 N–H and O–H groups in total. The monoisotopic (exact) mass is 368 g/mol. The Kier molecular flexibility index (Phi) is 6.77. The van der Waals surface area contributed by atoms with Gasteiger partial charge in [-0.15, -0.1) is 0 Å². The van der Waals surface area contributed by atoms with Crippen LogP contribution in [0.15, 0.2) is 42.5 Å². The van der Waals surface area contributed by atoms with Gasteiger partial charge in [0.25, 0.3) is 0 Å². The number of ketones is 1. The minimum atomic E-state index is -0.878. The molecule has 27 heavy (non-hydrogen) atoms. The van der Waals surface area contributed by atoms with Crippen LogP contribution in [0.5, 0.6) is 11.5 Å². The van der Waals surface area contributed by atoms with Crippen molar-refractivity contribution in [1.29, 1.82) is 0 Å². The summed E-state index contributed by atoms with van der Waals surface area (Å²) >= 11 is 0. The zero-order chi connectivity index (χ0) is 20.0. The van der Waals surface area contributed by atoms with E-state index in [1.54, 1.807) is 50.4 Å². The number of esters is 1. The molecule has 0 radical (unpaired) electrons. The Balaban J connectivity index is 2.07. The number of aryl methyl sites for hydroxylation is 2. The number of carbonyl (C=O) groups is 2. The molecule has 5 nitrogen and oxygen atoms in total. The molecule has 0 fully saturated rings. The third kappa shape index (κ3) is 4.97. The van der Waals surface area contributed by atoms with Crippen LogP contribution in [0.4, 0.5) is 0 Å². The molecule has 2 rings (SSSR count). The van der Waals surface area contributed by atoms with E-state index in [0.717, 1.165) is 11.1 Å². The lowest BCUT2D eigenvalue weighted by Gasteiger charge is -2.12. The van der Waals surface area contributed by atoms with Gasteiger partial charge in [-0.05, 0) is 50.1 Å². The van der Waals surface area contributed by atoms with Crippen LogP contribution in [0.2, 0.25) is 0 Å². The van der Waals surface area contributed by atoms with E-state index >= 15 is 0 Å². The van der Waals surface area contributed by atoms with Crippen molar-refractivity contribution in [2.24, 2.45) is 0 Å². The fourth-order valence-corrected chi connectivity index (χ4v) is 2.60. The number of methoxy groups -OCH3 is 2. The molecule has 0 spiro atoms. The van der Waals surface area contributed by atoms with Crippen molar-refractivity contribution in [3.05, 3.63) is 64.7 Å². The molecule has 5 heteroatoms. The van der Waals surface area contributed by atoms with Gasteiger partial charge in [0.2, 0.25) is 5.78 Å². The molecule has 0 saturated carbocycles. The average molecular weight is 368 g/mol. The zero-order valence-corrected chi connectivity index (χ0v) is 16.2. The lowest BCUT2D eigenvalue weighted by molar-refractivity contribution is -0.140. The number of ether oxygens (including phenoxy) is 3. The summed E-state index contributed by atoms with van der Waals surface area (Å²) in [6, 6.07) is 10.8. The molecule has 142 valence electrons. The van der Waals surface area contributed by atoms with Crippen molar-refractivity contribution in [3.8, 4) is 11.5 Å². The van der Waals surface area contributed by atoms with E-state index in [2.05, 4.69) is 0 Å². The molecule has 0 saturated heterocycles. The Labute approximate surface area is 159 Å². The van der Waals surface area contributed by atoms with E-state index < -0.39 is 12.1 Å². The number of carbonyl (C=O) groups excluding carboxylic acids is 2. The molecule has 0 unspecified atom stereocenters. The van der Waals surface area contributed by atoms with Crippen LogP contribution in [0.1, 0.15) is 34.0 Å². The lowest BCUT2D eigenvalue weighted by atomic mass is 10.0. The SMILES string of the molecule is COc1cccc(/C=C/C(=O)O[C@H](C)C(=O)c2ccc(C)c(C)c2)c1OC. The first kappa shape index (κ1) is 20.2. The smallest absolute Gasteiger partial charge is 0.331 e. The average Bonchev–Trinajstić information content (AvgIpc) is 2.67. The molecule has 2 aromatic carbocycles. The fraction of sp³-hybridized carbons (Fsp3) is 0.273. The molecule has 0 bridgehead atoms. The van der Waals surface area contributed by atoms with Gasteiger partial charge >= 0.3 is 5.97 Å². The Morgan fingerprint density at radius 2 is 1.74 bits per heavy atom. The van der Waals surface area contributed by atoms with E-state index in [4.69, 9.17) is 14.2 Å². The van der Waals surface area contributed by atoms with Gasteiger partial charge in [0.05, 0.1) is 14.2 Å². The van der Waals surface area contributed by atoms with E-state index in [1.165, 1.54) is 13.2 Å². The summed E-state index contributed by atoms with van der Waals surface area (Å²) in [7, 11) is 3.07. The second-order valence-corrected chi connectivity index (χ2v) is 6.16. The Bertz CT molecular complexity index is 867. The van der Waals surface area contributed by atoms with Gasteiger partial charge in [0.1, 0.15) is 0 Å². The van der Waals surface area contributed by atoms with Gasteiger partial charge in [0, 0.05) is 17.2 Å². The van der Waals surface area contributed by atoms with E-state index in [1.807, 2.05) is 19.9 Å². The van der Waals surface area contributed by atoms with Crippen LogP contribution < -0.4 is 9.47 Å². The Hall–Kier alpha value is -3.08. The maximum Gasteiger partial charge on any atom is 0.331 e. The normalized spacial score (nSPS) is 11.9. The molecular weight excluding hydrogens is 344 g/mol. The number of rotatable bonds is 7. The predicted molar refractivity (Wildman–Crippen MR) is 104 cm³/mol. The first-order valence-corrected chi connectivity index (χ1v) is 8.58. The van der Waals surface area contributed by atoms with Crippen LogP contribution >= 0.6 is 0 Å². The minimum Gasteiger partial charge on any atom is -0.493 e. The van der Waals surface area contributed by atoms with Crippen LogP contribution in [0, 0.1) is 13.8 Å². The van der Waals surface area contributed by atoms with Gasteiger partial charge in [-0.3, -0.25) is 4.79 Å². The zero-order valence-electron chi connectivity index (χ0n) is 16.2. The molecule has 2 aromatic rings. The molecular formula is C22H24O5. The van der Waals surface area contributed by atoms with Gasteiger partial charge in [0.15, 0.2) is 17.6 Å². The number of hydrogen-bond acceptors (Lipinski definition) is 5. The molecule has 0 heterocycles. The third-order valence-electron chi connectivity index (χ3n) is 4.29. The third-order valence-corrected chi connectivity index (χ3v) is 4.29. The van der Waals surface area contributed by atoms with Crippen LogP contribution in [-0.2, 0) is 9.53 Å². The second-order valence-electron chi connectivity index (χ2n) is 6.16. The van der Waals surface area contributed by atoms with Crippen LogP contribution in [0.3, 0.4) is 0 Å². The summed E-state index contributed by atoms with van der Waals surface area (Å²) in [6.45, 7) is 5.48. The summed E-state index contributed by atoms with van der Waals surface area (Å²) in [5.41, 5.74) is 3.31. The summed E-state index contributed by atoms with van der Waals surface area (Å²) in [6.07, 6.45) is 1.95. The standard InChI is InChI=1S/C22H24O5/c1-14-9-10-18(13-15(14)2)21(24)16(3)27-20(23)12-11-17-7-6-8-19(25-4)22(17)26-5/h6-13,16H,1-5H3/b12-11+/t16-/m1/s1. The van der Waals surface area contributed by atoms with Crippen molar-refractivity contribution < 1.29 is 23.8 Å². The van der Waals surface area contributed by atoms with Gasteiger partial charge < -0.3 is 14.2 Å². The van der Waals surface area contributed by atoms with Gasteiger partial charge in [-0.2, -0.15) is 0 Å². The van der Waals surface area contributed by atoms with E-state index in [0.29, 0.717) is 22.6 Å². The maximum absolute atomic E-state index is 12.5. The first-order valence-electron chi connectivity index (χ1n) is 8.58. The molecule has 1 atom stereocenters. The highest BCUT2D eigenvalue weighted by atomic mass is 16.5. The summed E-state index contributed by atoms with van der Waals surface area (Å²) in [5, 5.41) is 0. The highest BCUT2D eigenvalue weighted by Crippen LogP contribution is 2.31.